The lowest BCUT2D eigenvalue weighted by molar-refractivity contribution is 0.383. The maximum atomic E-state index is 13.9. The Balaban J connectivity index is 1.38. The fourth-order valence-corrected chi connectivity index (χ4v) is 6.16. The van der Waals surface area contributed by atoms with Gasteiger partial charge in [0.1, 0.15) is 28.2 Å². The van der Waals surface area contributed by atoms with Crippen molar-refractivity contribution in [3.63, 3.8) is 0 Å². The van der Waals surface area contributed by atoms with Crippen LogP contribution in [0.1, 0.15) is 0 Å². The summed E-state index contributed by atoms with van der Waals surface area (Å²) in [7, 11) is -3.91. The van der Waals surface area contributed by atoms with Crippen LogP contribution in [-0.2, 0) is 10.0 Å². The number of nitrogens with one attached hydrogen (secondary N) is 1. The van der Waals surface area contributed by atoms with Crippen molar-refractivity contribution in [2.24, 2.45) is 0 Å². The number of rotatable bonds is 5. The second-order valence-electron chi connectivity index (χ2n) is 8.14. The monoisotopic (exact) mass is 593 g/mol. The molecule has 0 atom stereocenters. The molecule has 1 saturated heterocycles. The first-order chi connectivity index (χ1) is 17.2. The van der Waals surface area contributed by atoms with E-state index in [4.69, 9.17) is 11.6 Å². The lowest BCUT2D eigenvalue weighted by Gasteiger charge is -2.34. The largest absolute Gasteiger partial charge is 0.354 e. The van der Waals surface area contributed by atoms with Gasteiger partial charge in [0, 0.05) is 49.6 Å². The second kappa shape index (κ2) is 9.89. The molecule has 36 heavy (non-hydrogen) atoms. The van der Waals surface area contributed by atoms with E-state index >= 15 is 0 Å². The number of aromatic amines is 1. The van der Waals surface area contributed by atoms with Gasteiger partial charge < -0.3 is 9.88 Å². The molecule has 0 radical (unpaired) electrons. The van der Waals surface area contributed by atoms with E-state index in [1.165, 1.54) is 40.8 Å². The molecule has 1 aliphatic rings. The van der Waals surface area contributed by atoms with Crippen LogP contribution in [0.15, 0.2) is 70.3 Å². The third-order valence-electron chi connectivity index (χ3n) is 5.90. The molecule has 1 fully saturated rings. The number of benzene rings is 2. The molecular weight excluding hydrogens is 576 g/mol. The third-order valence-corrected chi connectivity index (χ3v) is 8.92. The van der Waals surface area contributed by atoms with Gasteiger partial charge in [0.15, 0.2) is 0 Å². The van der Waals surface area contributed by atoms with E-state index in [1.54, 1.807) is 24.4 Å². The van der Waals surface area contributed by atoms with Gasteiger partial charge in [-0.15, -0.1) is 0 Å². The number of nitrogens with zero attached hydrogens (tertiary/aromatic N) is 4. The molecule has 2 aromatic heterocycles. The SMILES string of the molecule is O=S(=O)(c1cc(-c2ncc(-c3ccc(Br)c(F)c3)[nH]2)ccc1Cl)N1CCN(c2cc(F)ccn2)CC1. The van der Waals surface area contributed by atoms with Crippen LogP contribution >= 0.6 is 27.5 Å². The van der Waals surface area contributed by atoms with Crippen molar-refractivity contribution in [1.29, 1.82) is 0 Å². The third kappa shape index (κ3) is 4.88. The quantitative estimate of drug-likeness (QED) is 0.337. The lowest BCUT2D eigenvalue weighted by Crippen LogP contribution is -2.49. The number of H-pyrrole nitrogens is 1. The summed E-state index contributed by atoms with van der Waals surface area (Å²) in [6, 6.07) is 11.9. The Morgan fingerprint density at radius 3 is 2.42 bits per heavy atom. The van der Waals surface area contributed by atoms with Crippen LogP contribution in [0.5, 0.6) is 0 Å². The minimum atomic E-state index is -3.91. The summed E-state index contributed by atoms with van der Waals surface area (Å²) in [6.07, 6.45) is 2.94. The molecule has 12 heteroatoms. The van der Waals surface area contributed by atoms with Gasteiger partial charge in [-0.2, -0.15) is 4.31 Å². The van der Waals surface area contributed by atoms with Gasteiger partial charge in [-0.1, -0.05) is 17.7 Å². The van der Waals surface area contributed by atoms with Gasteiger partial charge in [-0.05, 0) is 52.3 Å². The van der Waals surface area contributed by atoms with Crippen molar-refractivity contribution < 1.29 is 17.2 Å². The highest BCUT2D eigenvalue weighted by molar-refractivity contribution is 9.10. The summed E-state index contributed by atoms with van der Waals surface area (Å²) in [4.78, 5) is 13.4. The van der Waals surface area contributed by atoms with Gasteiger partial charge in [-0.25, -0.2) is 27.2 Å². The molecule has 0 saturated carbocycles. The summed E-state index contributed by atoms with van der Waals surface area (Å²) >= 11 is 9.45. The smallest absolute Gasteiger partial charge is 0.244 e. The van der Waals surface area contributed by atoms with E-state index in [2.05, 4.69) is 30.9 Å². The molecule has 0 spiro atoms. The Morgan fingerprint density at radius 1 is 0.944 bits per heavy atom. The predicted octanol–water partition coefficient (Wildman–Crippen LogP) is 5.34. The number of hydrogen-bond donors (Lipinski definition) is 1. The summed E-state index contributed by atoms with van der Waals surface area (Å²) in [5.74, 6) is 0.0802. The standard InChI is InChI=1S/C24H19BrClF2N5O2S/c25-18-3-1-15(11-20(18)28)21-14-30-24(31-21)16-2-4-19(26)22(12-16)36(34,35)33-9-7-32(8-10-33)23-13-17(27)5-6-29-23/h1-6,11-14H,7-10H2,(H,30,31). The van der Waals surface area contributed by atoms with E-state index in [9.17, 15) is 17.2 Å². The van der Waals surface area contributed by atoms with Crippen molar-refractivity contribution in [3.8, 4) is 22.6 Å². The van der Waals surface area contributed by atoms with Crippen molar-refractivity contribution in [2.45, 2.75) is 4.90 Å². The maximum Gasteiger partial charge on any atom is 0.244 e. The lowest BCUT2D eigenvalue weighted by atomic mass is 10.2. The summed E-state index contributed by atoms with van der Waals surface area (Å²) < 4.78 is 56.1. The Labute approximate surface area is 219 Å². The normalized spacial score (nSPS) is 14.8. The van der Waals surface area contributed by atoms with Gasteiger partial charge in [0.05, 0.1) is 21.4 Å². The fraction of sp³-hybridized carbons (Fsp3) is 0.167. The average molecular weight is 595 g/mol. The maximum absolute atomic E-state index is 13.9. The Morgan fingerprint density at radius 2 is 1.69 bits per heavy atom. The van der Waals surface area contributed by atoms with Gasteiger partial charge >= 0.3 is 0 Å². The molecule has 0 bridgehead atoms. The summed E-state index contributed by atoms with van der Waals surface area (Å²) in [6.45, 7) is 1.11. The first kappa shape index (κ1) is 24.8. The number of piperazine rings is 1. The fourth-order valence-electron chi connectivity index (χ4n) is 3.99. The zero-order valence-corrected chi connectivity index (χ0v) is 21.8. The molecule has 2 aromatic carbocycles. The van der Waals surface area contributed by atoms with Crippen molar-refractivity contribution in [1.82, 2.24) is 19.3 Å². The topological polar surface area (TPSA) is 82.2 Å². The van der Waals surface area contributed by atoms with E-state index in [0.29, 0.717) is 46.0 Å². The number of anilines is 1. The van der Waals surface area contributed by atoms with E-state index in [1.807, 2.05) is 4.90 Å². The van der Waals surface area contributed by atoms with Gasteiger partial charge in [-0.3, -0.25) is 0 Å². The van der Waals surface area contributed by atoms with Crippen molar-refractivity contribution in [2.75, 3.05) is 31.1 Å². The van der Waals surface area contributed by atoms with E-state index in [-0.39, 0.29) is 23.0 Å². The molecule has 186 valence electrons. The Bertz CT molecular complexity index is 1540. The first-order valence-corrected chi connectivity index (χ1v) is 13.5. The zero-order valence-electron chi connectivity index (χ0n) is 18.6. The second-order valence-corrected chi connectivity index (χ2v) is 11.3. The number of aromatic nitrogens is 3. The Kier molecular flexibility index (Phi) is 6.82. The number of sulfonamides is 1. The Hall–Kier alpha value is -2.86. The average Bonchev–Trinajstić information content (AvgIpc) is 3.36. The van der Waals surface area contributed by atoms with Crippen LogP contribution in [0, 0.1) is 11.6 Å². The van der Waals surface area contributed by atoms with Crippen LogP contribution < -0.4 is 4.90 Å². The molecule has 5 rings (SSSR count). The first-order valence-electron chi connectivity index (χ1n) is 10.9. The molecule has 0 aliphatic carbocycles. The van der Waals surface area contributed by atoms with E-state index < -0.39 is 21.7 Å². The highest BCUT2D eigenvalue weighted by Gasteiger charge is 2.31. The molecule has 0 unspecified atom stereocenters. The van der Waals surface area contributed by atoms with Crippen LogP contribution in [0.2, 0.25) is 5.02 Å². The van der Waals surface area contributed by atoms with Crippen LogP contribution in [0.3, 0.4) is 0 Å². The van der Waals surface area contributed by atoms with Crippen molar-refractivity contribution in [3.05, 3.63) is 82.1 Å². The van der Waals surface area contributed by atoms with Crippen LogP contribution in [-0.4, -0.2) is 53.9 Å². The minimum Gasteiger partial charge on any atom is -0.354 e. The minimum absolute atomic E-state index is 0.0355. The molecule has 1 aliphatic heterocycles. The molecule has 1 N–H and O–H groups in total. The predicted molar refractivity (Wildman–Crippen MR) is 137 cm³/mol. The van der Waals surface area contributed by atoms with Crippen LogP contribution in [0.25, 0.3) is 22.6 Å². The number of pyridine rings is 1. The molecule has 4 aromatic rings. The molecule has 3 heterocycles. The number of imidazole rings is 1. The van der Waals surface area contributed by atoms with Crippen LogP contribution in [0.4, 0.5) is 14.6 Å². The van der Waals surface area contributed by atoms with Crippen molar-refractivity contribution >= 4 is 43.4 Å². The van der Waals surface area contributed by atoms with Gasteiger partial charge in [0.25, 0.3) is 0 Å². The summed E-state index contributed by atoms with van der Waals surface area (Å²) in [5, 5.41) is 0.0923. The van der Waals surface area contributed by atoms with E-state index in [0.717, 1.165) is 0 Å². The molecule has 7 nitrogen and oxygen atoms in total. The molecular formula is C24H19BrClF2N5O2S. The number of hydrogen-bond acceptors (Lipinski definition) is 5. The molecule has 0 amide bonds. The number of halogens is 4. The zero-order chi connectivity index (χ0) is 25.4. The highest BCUT2D eigenvalue weighted by Crippen LogP contribution is 2.31. The highest BCUT2D eigenvalue weighted by atomic mass is 79.9. The van der Waals surface area contributed by atoms with Gasteiger partial charge in [0.2, 0.25) is 10.0 Å². The summed E-state index contributed by atoms with van der Waals surface area (Å²) in [5.41, 5.74) is 1.70.